The van der Waals surface area contributed by atoms with Gasteiger partial charge in [0.2, 0.25) is 0 Å². The van der Waals surface area contributed by atoms with Gasteiger partial charge in [-0.1, -0.05) is 91.0 Å². The molecular weight excluding hydrogens is 408 g/mol. The molecular formula is C30H26O3. The monoisotopic (exact) mass is 434 g/mol. The highest BCUT2D eigenvalue weighted by atomic mass is 16.5. The first-order valence-corrected chi connectivity index (χ1v) is 11.2. The highest BCUT2D eigenvalue weighted by Crippen LogP contribution is 2.55. The summed E-state index contributed by atoms with van der Waals surface area (Å²) in [4.78, 5) is 14.1. The zero-order valence-corrected chi connectivity index (χ0v) is 18.8. The Bertz CT molecular complexity index is 1180. The van der Waals surface area contributed by atoms with Gasteiger partial charge in [0.15, 0.2) is 17.3 Å². The van der Waals surface area contributed by atoms with Gasteiger partial charge in [-0.25, -0.2) is 0 Å². The number of methoxy groups -OCH3 is 2. The molecule has 0 heterocycles. The lowest BCUT2D eigenvalue weighted by molar-refractivity contribution is 0.0904. The molecule has 0 bridgehead atoms. The van der Waals surface area contributed by atoms with Crippen LogP contribution in [0.3, 0.4) is 0 Å². The maximum atomic E-state index is 14.1. The molecule has 1 aliphatic carbocycles. The highest BCUT2D eigenvalue weighted by molar-refractivity contribution is 6.00. The van der Waals surface area contributed by atoms with Gasteiger partial charge >= 0.3 is 0 Å². The van der Waals surface area contributed by atoms with Gasteiger partial charge < -0.3 is 9.47 Å². The lowest BCUT2D eigenvalue weighted by Gasteiger charge is -2.25. The molecule has 0 spiro atoms. The molecule has 33 heavy (non-hydrogen) atoms. The first-order valence-electron chi connectivity index (χ1n) is 11.2. The van der Waals surface area contributed by atoms with E-state index in [2.05, 4.69) is 36.4 Å². The van der Waals surface area contributed by atoms with Crippen LogP contribution in [0.5, 0.6) is 11.5 Å². The van der Waals surface area contributed by atoms with Gasteiger partial charge in [0, 0.05) is 23.3 Å². The summed E-state index contributed by atoms with van der Waals surface area (Å²) < 4.78 is 11.3. The Balaban J connectivity index is 1.78. The summed E-state index contributed by atoms with van der Waals surface area (Å²) in [6, 6.07) is 34.4. The van der Waals surface area contributed by atoms with E-state index in [1.165, 1.54) is 0 Å². The Labute approximate surface area is 194 Å². The van der Waals surface area contributed by atoms with Crippen molar-refractivity contribution in [3.8, 4) is 11.5 Å². The normalized spacial score (nSPS) is 19.0. The average Bonchev–Trinajstić information content (AvgIpc) is 3.22. The Morgan fingerprint density at radius 3 is 1.39 bits per heavy atom. The van der Waals surface area contributed by atoms with Gasteiger partial charge in [0.25, 0.3) is 0 Å². The number of carbonyl (C=O) groups excluding carboxylic acids is 1. The predicted octanol–water partition coefficient (Wildman–Crippen LogP) is 6.48. The molecule has 4 aromatic rings. The van der Waals surface area contributed by atoms with Crippen LogP contribution in [0, 0.1) is 5.92 Å². The number of hydrogen-bond donors (Lipinski definition) is 0. The van der Waals surface area contributed by atoms with Crippen LogP contribution in [0.1, 0.15) is 44.4 Å². The molecule has 4 aromatic carbocycles. The SMILES string of the molecule is COc1cc2c(cc1OC)[C@H](c1ccccc1)C(C(=O)c1ccccc1)[C@@H]2c1ccccc1. The summed E-state index contributed by atoms with van der Waals surface area (Å²) in [5.74, 6) is 1.02. The lowest BCUT2D eigenvalue weighted by Crippen LogP contribution is -2.24. The molecule has 0 N–H and O–H groups in total. The van der Waals surface area contributed by atoms with E-state index < -0.39 is 0 Å². The van der Waals surface area contributed by atoms with Crippen LogP contribution in [0.4, 0.5) is 0 Å². The standard InChI is InChI=1S/C30H26O3/c1-32-25-18-23-24(19-26(25)33-2)28(21-14-8-4-9-15-21)29(27(23)20-12-6-3-7-13-20)30(31)22-16-10-5-11-17-22/h3-19,27-29H,1-2H3/t27-,28+,29?. The van der Waals surface area contributed by atoms with Crippen molar-refractivity contribution in [3.63, 3.8) is 0 Å². The second-order valence-corrected chi connectivity index (χ2v) is 8.37. The van der Waals surface area contributed by atoms with Crippen LogP contribution in [-0.4, -0.2) is 20.0 Å². The molecule has 1 unspecified atom stereocenters. The minimum atomic E-state index is -0.288. The number of ether oxygens (including phenoxy) is 2. The second-order valence-electron chi connectivity index (χ2n) is 8.37. The maximum Gasteiger partial charge on any atom is 0.167 e. The first kappa shape index (κ1) is 21.0. The molecule has 0 amide bonds. The van der Waals surface area contributed by atoms with E-state index >= 15 is 0 Å². The quantitative estimate of drug-likeness (QED) is 0.326. The smallest absolute Gasteiger partial charge is 0.167 e. The van der Waals surface area contributed by atoms with Crippen LogP contribution < -0.4 is 9.47 Å². The zero-order valence-electron chi connectivity index (χ0n) is 18.8. The van der Waals surface area contributed by atoms with Gasteiger partial charge in [-0.3, -0.25) is 4.79 Å². The summed E-state index contributed by atoms with van der Waals surface area (Å²) in [5.41, 5.74) is 5.21. The van der Waals surface area contributed by atoms with Crippen LogP contribution >= 0.6 is 0 Å². The number of ketones is 1. The third-order valence-corrected chi connectivity index (χ3v) is 6.66. The molecule has 3 nitrogen and oxygen atoms in total. The minimum absolute atomic E-state index is 0.0982. The van der Waals surface area contributed by atoms with Gasteiger partial charge in [-0.15, -0.1) is 0 Å². The van der Waals surface area contributed by atoms with Gasteiger partial charge in [0.1, 0.15) is 0 Å². The molecule has 0 saturated carbocycles. The number of carbonyl (C=O) groups is 1. The number of benzene rings is 4. The second kappa shape index (κ2) is 8.95. The van der Waals surface area contributed by atoms with Crippen molar-refractivity contribution >= 4 is 5.78 Å². The number of Topliss-reactive ketones (excluding diaryl/α,β-unsaturated/α-hetero) is 1. The number of rotatable bonds is 6. The molecule has 3 atom stereocenters. The topological polar surface area (TPSA) is 35.5 Å². The fourth-order valence-electron chi connectivity index (χ4n) is 5.22. The van der Waals surface area contributed by atoms with Crippen molar-refractivity contribution in [2.45, 2.75) is 11.8 Å². The van der Waals surface area contributed by atoms with Gasteiger partial charge in [-0.2, -0.15) is 0 Å². The van der Waals surface area contributed by atoms with E-state index in [-0.39, 0.29) is 23.5 Å². The van der Waals surface area contributed by atoms with Gasteiger partial charge in [-0.05, 0) is 34.4 Å². The molecule has 0 aromatic heterocycles. The summed E-state index contributed by atoms with van der Waals surface area (Å²) in [5, 5.41) is 0. The zero-order chi connectivity index (χ0) is 22.8. The van der Waals surface area contributed by atoms with Crippen molar-refractivity contribution in [1.29, 1.82) is 0 Å². The molecule has 0 aliphatic heterocycles. The third kappa shape index (κ3) is 3.70. The summed E-state index contributed by atoms with van der Waals surface area (Å²) >= 11 is 0. The summed E-state index contributed by atoms with van der Waals surface area (Å²) in [7, 11) is 3.30. The van der Waals surface area contributed by atoms with E-state index in [0.29, 0.717) is 11.5 Å². The van der Waals surface area contributed by atoms with E-state index in [1.54, 1.807) is 14.2 Å². The molecule has 3 heteroatoms. The fraction of sp³-hybridized carbons (Fsp3) is 0.167. The Kier molecular flexibility index (Phi) is 5.70. The van der Waals surface area contributed by atoms with Crippen molar-refractivity contribution in [3.05, 3.63) is 131 Å². The van der Waals surface area contributed by atoms with E-state index in [1.807, 2.05) is 66.7 Å². The molecule has 0 fully saturated rings. The molecule has 164 valence electrons. The summed E-state index contributed by atoms with van der Waals surface area (Å²) in [6.07, 6.45) is 0. The lowest BCUT2D eigenvalue weighted by atomic mass is 9.75. The Hall–Kier alpha value is -3.85. The van der Waals surface area contributed by atoms with E-state index in [4.69, 9.17) is 9.47 Å². The van der Waals surface area contributed by atoms with Crippen molar-refractivity contribution in [2.75, 3.05) is 14.2 Å². The Morgan fingerprint density at radius 2 is 1.00 bits per heavy atom. The van der Waals surface area contributed by atoms with Crippen molar-refractivity contribution < 1.29 is 14.3 Å². The first-order chi connectivity index (χ1) is 16.2. The highest BCUT2D eigenvalue weighted by Gasteiger charge is 2.47. The summed E-state index contributed by atoms with van der Waals surface area (Å²) in [6.45, 7) is 0. The van der Waals surface area contributed by atoms with Crippen LogP contribution in [-0.2, 0) is 0 Å². The van der Waals surface area contributed by atoms with E-state index in [0.717, 1.165) is 27.8 Å². The predicted molar refractivity (Wildman–Crippen MR) is 130 cm³/mol. The van der Waals surface area contributed by atoms with Crippen LogP contribution in [0.15, 0.2) is 103 Å². The third-order valence-electron chi connectivity index (χ3n) is 6.66. The molecule has 0 radical (unpaired) electrons. The largest absolute Gasteiger partial charge is 0.493 e. The maximum absolute atomic E-state index is 14.1. The molecule has 1 aliphatic rings. The van der Waals surface area contributed by atoms with Gasteiger partial charge in [0.05, 0.1) is 14.2 Å². The van der Waals surface area contributed by atoms with Crippen LogP contribution in [0.2, 0.25) is 0 Å². The number of fused-ring (bicyclic) bond motifs is 1. The van der Waals surface area contributed by atoms with Crippen molar-refractivity contribution in [1.82, 2.24) is 0 Å². The van der Waals surface area contributed by atoms with E-state index in [9.17, 15) is 4.79 Å². The fourth-order valence-corrected chi connectivity index (χ4v) is 5.22. The molecule has 0 saturated heterocycles. The minimum Gasteiger partial charge on any atom is -0.493 e. The van der Waals surface area contributed by atoms with Crippen LogP contribution in [0.25, 0.3) is 0 Å². The molecule has 5 rings (SSSR count). The number of hydrogen-bond acceptors (Lipinski definition) is 3. The average molecular weight is 435 g/mol. The van der Waals surface area contributed by atoms with Crippen molar-refractivity contribution in [2.24, 2.45) is 5.92 Å². The Morgan fingerprint density at radius 1 is 0.606 bits per heavy atom.